The second kappa shape index (κ2) is 8.16. The molecule has 1 amide bonds. The Balaban J connectivity index is 1.93. The third kappa shape index (κ3) is 5.11. The largest absolute Gasteiger partial charge is 0.461 e. The van der Waals surface area contributed by atoms with Crippen LogP contribution >= 0.6 is 27.7 Å². The Morgan fingerprint density at radius 2 is 2.09 bits per heavy atom. The van der Waals surface area contributed by atoms with Gasteiger partial charge in [-0.25, -0.2) is 9.78 Å². The van der Waals surface area contributed by atoms with Gasteiger partial charge in [-0.1, -0.05) is 27.7 Å². The van der Waals surface area contributed by atoms with E-state index in [2.05, 4.69) is 31.2 Å². The van der Waals surface area contributed by atoms with Crippen LogP contribution in [0.4, 0.5) is 5.69 Å². The van der Waals surface area contributed by atoms with Gasteiger partial charge in [0.05, 0.1) is 18.1 Å². The van der Waals surface area contributed by atoms with Gasteiger partial charge in [0.2, 0.25) is 5.91 Å². The summed E-state index contributed by atoms with van der Waals surface area (Å²) in [6.45, 7) is 3.80. The number of thioether (sulfide) groups is 1. The van der Waals surface area contributed by atoms with E-state index in [0.717, 1.165) is 10.2 Å². The van der Waals surface area contributed by atoms with Crippen LogP contribution in [0.5, 0.6) is 0 Å². The minimum Gasteiger partial charge on any atom is -0.461 e. The Morgan fingerprint density at radius 3 is 2.74 bits per heavy atom. The van der Waals surface area contributed by atoms with Crippen molar-refractivity contribution in [2.24, 2.45) is 0 Å². The molecule has 0 fully saturated rings. The molecular formula is C15H16BrN3O3S. The van der Waals surface area contributed by atoms with Crippen LogP contribution in [0, 0.1) is 0 Å². The zero-order valence-electron chi connectivity index (χ0n) is 12.6. The number of ether oxygens (including phenoxy) is 1. The number of esters is 1. The van der Waals surface area contributed by atoms with Crippen molar-refractivity contribution in [2.45, 2.75) is 24.3 Å². The Hall–Kier alpha value is -1.80. The molecular weight excluding hydrogens is 382 g/mol. The maximum atomic E-state index is 12.2. The van der Waals surface area contributed by atoms with Crippen molar-refractivity contribution in [2.75, 3.05) is 11.9 Å². The summed E-state index contributed by atoms with van der Waals surface area (Å²) >= 11 is 4.58. The van der Waals surface area contributed by atoms with E-state index in [-0.39, 0.29) is 16.9 Å². The van der Waals surface area contributed by atoms with E-state index in [9.17, 15) is 9.59 Å². The van der Waals surface area contributed by atoms with Crippen molar-refractivity contribution in [1.82, 2.24) is 9.97 Å². The van der Waals surface area contributed by atoms with E-state index < -0.39 is 5.97 Å². The first kappa shape index (κ1) is 17.6. The third-order valence-electron chi connectivity index (χ3n) is 2.82. The van der Waals surface area contributed by atoms with E-state index in [1.54, 1.807) is 13.8 Å². The van der Waals surface area contributed by atoms with Crippen molar-refractivity contribution in [3.05, 3.63) is 40.6 Å². The van der Waals surface area contributed by atoms with E-state index in [1.807, 2.05) is 24.3 Å². The number of hydrogen-bond acceptors (Lipinski definition) is 5. The van der Waals surface area contributed by atoms with Crippen LogP contribution in [0.15, 0.2) is 40.1 Å². The quantitative estimate of drug-likeness (QED) is 0.575. The number of aromatic nitrogens is 2. The van der Waals surface area contributed by atoms with Crippen molar-refractivity contribution < 1.29 is 14.3 Å². The number of hydrogen-bond donors (Lipinski definition) is 2. The van der Waals surface area contributed by atoms with Gasteiger partial charge >= 0.3 is 5.97 Å². The number of carbonyl (C=O) groups is 2. The van der Waals surface area contributed by atoms with Crippen LogP contribution in [0.2, 0.25) is 0 Å². The molecule has 1 heterocycles. The maximum Gasteiger partial charge on any atom is 0.356 e. The molecule has 0 aliphatic rings. The Labute approximate surface area is 146 Å². The van der Waals surface area contributed by atoms with Crippen molar-refractivity contribution in [3.63, 3.8) is 0 Å². The molecule has 122 valence electrons. The van der Waals surface area contributed by atoms with Gasteiger partial charge in [-0.15, -0.1) is 0 Å². The standard InChI is InChI=1S/C15H16BrN3O3S/c1-3-22-14(21)12-8-17-15(19-12)23-9(2)13(20)18-11-6-4-10(16)5-7-11/h4-9H,3H2,1-2H3,(H,17,19)(H,18,20). The van der Waals surface area contributed by atoms with Gasteiger partial charge in [0.15, 0.2) is 5.16 Å². The topological polar surface area (TPSA) is 84.1 Å². The lowest BCUT2D eigenvalue weighted by Gasteiger charge is -2.10. The monoisotopic (exact) mass is 397 g/mol. The Morgan fingerprint density at radius 1 is 1.39 bits per heavy atom. The first-order chi connectivity index (χ1) is 11.0. The Bertz CT molecular complexity index is 688. The predicted molar refractivity (Wildman–Crippen MR) is 92.6 cm³/mol. The van der Waals surface area contributed by atoms with Crippen LogP contribution in [-0.2, 0) is 9.53 Å². The lowest BCUT2D eigenvalue weighted by atomic mass is 10.3. The third-order valence-corrected chi connectivity index (χ3v) is 4.34. The van der Waals surface area contributed by atoms with Crippen molar-refractivity contribution in [1.29, 1.82) is 0 Å². The highest BCUT2D eigenvalue weighted by Gasteiger charge is 2.18. The number of rotatable bonds is 6. The summed E-state index contributed by atoms with van der Waals surface area (Å²) < 4.78 is 5.82. The minimum absolute atomic E-state index is 0.147. The smallest absolute Gasteiger partial charge is 0.356 e. The van der Waals surface area contributed by atoms with E-state index in [1.165, 1.54) is 18.0 Å². The first-order valence-electron chi connectivity index (χ1n) is 6.94. The molecule has 0 saturated heterocycles. The number of halogens is 1. The summed E-state index contributed by atoms with van der Waals surface area (Å²) in [6.07, 6.45) is 1.40. The summed E-state index contributed by atoms with van der Waals surface area (Å²) in [5.41, 5.74) is 0.993. The average molecular weight is 398 g/mol. The number of anilines is 1. The normalized spacial score (nSPS) is 11.8. The van der Waals surface area contributed by atoms with Gasteiger partial charge in [0.25, 0.3) is 0 Å². The molecule has 8 heteroatoms. The number of H-pyrrole nitrogens is 1. The van der Waals surface area contributed by atoms with Gasteiger partial charge in [0.1, 0.15) is 5.69 Å². The van der Waals surface area contributed by atoms with Crippen LogP contribution in [0.3, 0.4) is 0 Å². The molecule has 2 aromatic rings. The zero-order chi connectivity index (χ0) is 16.8. The molecule has 0 spiro atoms. The molecule has 2 N–H and O–H groups in total. The van der Waals surface area contributed by atoms with Crippen LogP contribution in [-0.4, -0.2) is 33.7 Å². The zero-order valence-corrected chi connectivity index (χ0v) is 15.0. The van der Waals surface area contributed by atoms with E-state index >= 15 is 0 Å². The van der Waals surface area contributed by atoms with Gasteiger partial charge in [0, 0.05) is 10.2 Å². The van der Waals surface area contributed by atoms with Gasteiger partial charge < -0.3 is 15.0 Å². The molecule has 1 unspecified atom stereocenters. The molecule has 0 radical (unpaired) electrons. The van der Waals surface area contributed by atoms with Gasteiger partial charge in [-0.2, -0.15) is 0 Å². The first-order valence-corrected chi connectivity index (χ1v) is 8.62. The molecule has 0 aliphatic carbocycles. The number of nitrogens with one attached hydrogen (secondary N) is 2. The minimum atomic E-state index is -0.459. The highest BCUT2D eigenvalue weighted by Crippen LogP contribution is 2.22. The highest BCUT2D eigenvalue weighted by molar-refractivity contribution is 9.10. The van der Waals surface area contributed by atoms with E-state index in [0.29, 0.717) is 11.8 Å². The molecule has 0 saturated carbocycles. The summed E-state index contributed by atoms with van der Waals surface area (Å²) in [4.78, 5) is 30.7. The number of nitrogens with zero attached hydrogens (tertiary/aromatic N) is 1. The summed E-state index contributed by atoms with van der Waals surface area (Å²) in [5, 5.41) is 2.94. The van der Waals surface area contributed by atoms with Gasteiger partial charge in [-0.3, -0.25) is 4.79 Å². The molecule has 1 aromatic carbocycles. The molecule has 2 rings (SSSR count). The van der Waals surface area contributed by atoms with E-state index in [4.69, 9.17) is 4.74 Å². The number of carbonyl (C=O) groups excluding carboxylic acids is 2. The van der Waals surface area contributed by atoms with Gasteiger partial charge in [-0.05, 0) is 38.1 Å². The van der Waals surface area contributed by atoms with Crippen LogP contribution < -0.4 is 5.32 Å². The number of imidazole rings is 1. The number of aromatic amines is 1. The molecule has 0 aliphatic heterocycles. The SMILES string of the molecule is CCOC(=O)c1cnc(SC(C)C(=O)Nc2ccc(Br)cc2)[nH]1. The van der Waals surface area contributed by atoms with Crippen molar-refractivity contribution >= 4 is 45.3 Å². The second-order valence-electron chi connectivity index (χ2n) is 4.58. The summed E-state index contributed by atoms with van der Waals surface area (Å²) in [6, 6.07) is 7.33. The predicted octanol–water partition coefficient (Wildman–Crippen LogP) is 3.47. The van der Waals surface area contributed by atoms with Crippen LogP contribution in [0.25, 0.3) is 0 Å². The molecule has 1 aromatic heterocycles. The molecule has 1 atom stereocenters. The van der Waals surface area contributed by atoms with Crippen molar-refractivity contribution in [3.8, 4) is 0 Å². The average Bonchev–Trinajstić information content (AvgIpc) is 2.98. The molecule has 6 nitrogen and oxygen atoms in total. The summed E-state index contributed by atoms with van der Waals surface area (Å²) in [7, 11) is 0. The lowest BCUT2D eigenvalue weighted by molar-refractivity contribution is -0.115. The molecule has 0 bridgehead atoms. The lowest BCUT2D eigenvalue weighted by Crippen LogP contribution is -2.22. The maximum absolute atomic E-state index is 12.2. The summed E-state index contributed by atoms with van der Waals surface area (Å²) in [5.74, 6) is -0.606. The van der Waals surface area contributed by atoms with Crippen LogP contribution in [0.1, 0.15) is 24.3 Å². The molecule has 23 heavy (non-hydrogen) atoms. The fraction of sp³-hybridized carbons (Fsp3) is 0.267. The Kier molecular flexibility index (Phi) is 6.23. The number of benzene rings is 1. The fourth-order valence-corrected chi connectivity index (χ4v) is 2.72. The number of amides is 1. The second-order valence-corrected chi connectivity index (χ2v) is 6.82. The highest BCUT2D eigenvalue weighted by atomic mass is 79.9. The fourth-order valence-electron chi connectivity index (χ4n) is 1.67.